The van der Waals surface area contributed by atoms with Crippen molar-refractivity contribution in [3.8, 4) is 11.5 Å². The summed E-state index contributed by atoms with van der Waals surface area (Å²) in [6, 6.07) is 3.79. The molecular formula is C38H55N7O9. The fourth-order valence-electron chi connectivity index (χ4n) is 8.70. The maximum absolute atomic E-state index is 13.7. The number of piperidine rings is 1. The second kappa shape index (κ2) is 16.0. The lowest BCUT2D eigenvalue weighted by molar-refractivity contribution is -0.163. The normalized spacial score (nSPS) is 24.2. The van der Waals surface area contributed by atoms with Crippen LogP contribution in [0.4, 0.5) is 4.79 Å². The highest BCUT2D eigenvalue weighted by Crippen LogP contribution is 2.65. The van der Waals surface area contributed by atoms with Crippen molar-refractivity contribution >= 4 is 35.4 Å². The maximum atomic E-state index is 13.7. The smallest absolute Gasteiger partial charge is 0.414 e. The van der Waals surface area contributed by atoms with E-state index in [1.165, 1.54) is 11.8 Å². The van der Waals surface area contributed by atoms with Crippen molar-refractivity contribution in [3.63, 3.8) is 0 Å². The third-order valence-electron chi connectivity index (χ3n) is 11.2. The predicted octanol–water partition coefficient (Wildman–Crippen LogP) is 0.908. The van der Waals surface area contributed by atoms with E-state index in [1.54, 1.807) is 20.2 Å². The van der Waals surface area contributed by atoms with Gasteiger partial charge in [-0.15, -0.1) is 0 Å². The summed E-state index contributed by atoms with van der Waals surface area (Å²) >= 11 is 0. The van der Waals surface area contributed by atoms with Gasteiger partial charge in [-0.2, -0.15) is 0 Å². The number of guanidine groups is 1. The summed E-state index contributed by atoms with van der Waals surface area (Å²) < 4.78 is 18.4. The van der Waals surface area contributed by atoms with E-state index in [-0.39, 0.29) is 68.5 Å². The third-order valence-corrected chi connectivity index (χ3v) is 11.2. The maximum Gasteiger partial charge on any atom is 0.414 e. The summed E-state index contributed by atoms with van der Waals surface area (Å²) in [6.45, 7) is 6.17. The van der Waals surface area contributed by atoms with Gasteiger partial charge in [-0.25, -0.2) is 4.79 Å². The fraction of sp³-hybridized carbons (Fsp3) is 0.632. The Bertz CT molecular complexity index is 1720. The highest BCUT2D eigenvalue weighted by Gasteiger charge is 2.72. The summed E-state index contributed by atoms with van der Waals surface area (Å²) in [5.74, 6) is -0.904. The van der Waals surface area contributed by atoms with E-state index >= 15 is 0 Å². The van der Waals surface area contributed by atoms with Crippen LogP contribution in [0.15, 0.2) is 29.0 Å². The van der Waals surface area contributed by atoms with Gasteiger partial charge < -0.3 is 51.2 Å². The van der Waals surface area contributed by atoms with E-state index in [0.717, 1.165) is 17.7 Å². The molecule has 5 rings (SSSR count). The zero-order valence-electron chi connectivity index (χ0n) is 32.2. The van der Waals surface area contributed by atoms with E-state index in [0.29, 0.717) is 49.4 Å². The lowest BCUT2D eigenvalue weighted by Crippen LogP contribution is -2.74. The lowest BCUT2D eigenvalue weighted by Gasteiger charge is -2.61. The summed E-state index contributed by atoms with van der Waals surface area (Å²) in [5, 5.41) is 17.8. The molecule has 0 aromatic heterocycles. The number of nitrogens with one attached hydrogen (secondary N) is 2. The number of nitrogens with two attached hydrogens (primary N) is 2. The molecule has 1 aromatic rings. The zero-order chi connectivity index (χ0) is 39.6. The minimum atomic E-state index is -1.13. The van der Waals surface area contributed by atoms with E-state index in [9.17, 15) is 29.1 Å². The Morgan fingerprint density at radius 1 is 1.20 bits per heavy atom. The standard InChI is InChI=1S/C38H55N7O9/c1-22(46)16-29(48)42-19-25(47)17-24(8-7-14-41-34(39)40)33(49)43-20-36(2,3)21-45(5)35(50)53-27-11-12-38(51)28-18-23-9-10-26(52-6)31-30(23)37(38,32(27)54-31)13-15-44(28)4/h9-11,24,28,32,51H,7-8,12-21H2,1-6H3,(H,42,48)(H,43,49)(H4,39,40,41)/t24-,28-,32+,37+,38-/m1/s1. The molecule has 1 aromatic carbocycles. The van der Waals surface area contributed by atoms with Crippen LogP contribution in [0.3, 0.4) is 0 Å². The van der Waals surface area contributed by atoms with Crippen LogP contribution in [0.1, 0.15) is 70.4 Å². The first-order valence-corrected chi connectivity index (χ1v) is 18.5. The molecule has 0 saturated carbocycles. The van der Waals surface area contributed by atoms with Crippen molar-refractivity contribution in [1.29, 1.82) is 0 Å². The molecule has 1 spiro atoms. The summed E-state index contributed by atoms with van der Waals surface area (Å²) in [7, 11) is 5.23. The van der Waals surface area contributed by atoms with Crippen molar-refractivity contribution < 1.29 is 43.3 Å². The van der Waals surface area contributed by atoms with Gasteiger partial charge in [0, 0.05) is 57.0 Å². The Morgan fingerprint density at radius 2 is 1.94 bits per heavy atom. The number of hydrogen-bond donors (Lipinski definition) is 5. The number of nitrogens with zero attached hydrogens (tertiary/aromatic N) is 3. The number of benzene rings is 1. The number of methoxy groups -OCH3 is 1. The Kier molecular flexibility index (Phi) is 12.0. The zero-order valence-corrected chi connectivity index (χ0v) is 32.2. The van der Waals surface area contributed by atoms with E-state index in [4.69, 9.17) is 25.7 Å². The second-order valence-electron chi connectivity index (χ2n) is 15.9. The average molecular weight is 754 g/mol. The molecule has 16 heteroatoms. The van der Waals surface area contributed by atoms with Crippen LogP contribution < -0.4 is 31.6 Å². The molecule has 1 fully saturated rings. The van der Waals surface area contributed by atoms with Gasteiger partial charge in [-0.3, -0.25) is 24.2 Å². The number of hydrogen-bond acceptors (Lipinski definition) is 11. The number of aliphatic hydroxyl groups is 1. The van der Waals surface area contributed by atoms with Gasteiger partial charge in [-0.05, 0) is 69.3 Å². The minimum Gasteiger partial charge on any atom is -0.493 e. The van der Waals surface area contributed by atoms with Crippen LogP contribution in [0, 0.1) is 11.3 Å². The van der Waals surface area contributed by atoms with Crippen molar-refractivity contribution in [3.05, 3.63) is 35.1 Å². The van der Waals surface area contributed by atoms with Crippen molar-refractivity contribution in [2.75, 3.05) is 53.9 Å². The quantitative estimate of drug-likeness (QED) is 0.0648. The highest BCUT2D eigenvalue weighted by molar-refractivity contribution is 5.98. The van der Waals surface area contributed by atoms with E-state index < -0.39 is 40.5 Å². The third kappa shape index (κ3) is 8.04. The lowest BCUT2D eigenvalue weighted by atomic mass is 9.50. The molecule has 2 heterocycles. The second-order valence-corrected chi connectivity index (χ2v) is 15.9. The Balaban J connectivity index is 1.22. The van der Waals surface area contributed by atoms with Gasteiger partial charge in [0.1, 0.15) is 11.5 Å². The number of likely N-dealkylation sites (tertiary alicyclic amines) is 1. The molecule has 7 N–H and O–H groups in total. The van der Waals surface area contributed by atoms with Crippen LogP contribution in [0.5, 0.6) is 11.5 Å². The van der Waals surface area contributed by atoms with E-state index in [1.807, 2.05) is 33.0 Å². The van der Waals surface area contributed by atoms with Gasteiger partial charge in [0.15, 0.2) is 29.3 Å². The molecule has 2 bridgehead atoms. The molecule has 0 unspecified atom stereocenters. The number of carbonyl (C=O) groups is 5. The van der Waals surface area contributed by atoms with Gasteiger partial charge in [0.2, 0.25) is 11.8 Å². The van der Waals surface area contributed by atoms with E-state index in [2.05, 4.69) is 20.5 Å². The number of carbonyl (C=O) groups excluding carboxylic acids is 5. The first kappa shape index (κ1) is 40.5. The summed E-state index contributed by atoms with van der Waals surface area (Å²) in [4.78, 5) is 70.5. The predicted molar refractivity (Wildman–Crippen MR) is 199 cm³/mol. The fourth-order valence-corrected chi connectivity index (χ4v) is 8.70. The van der Waals surface area contributed by atoms with Crippen LogP contribution in [-0.4, -0.2) is 122 Å². The number of aliphatic imine (C=N–C) groups is 1. The molecule has 1 saturated heterocycles. The molecule has 4 aliphatic rings. The van der Waals surface area contributed by atoms with Crippen LogP contribution >= 0.6 is 0 Å². The number of amides is 3. The van der Waals surface area contributed by atoms with Crippen LogP contribution in [0.2, 0.25) is 0 Å². The molecule has 5 atom stereocenters. The number of ketones is 2. The number of Topliss-reactive ketones (excluding diaryl/α,β-unsaturated/α-hetero) is 2. The highest BCUT2D eigenvalue weighted by atomic mass is 16.6. The van der Waals surface area contributed by atoms with Crippen molar-refractivity contribution in [1.82, 2.24) is 20.4 Å². The van der Waals surface area contributed by atoms with Crippen molar-refractivity contribution in [2.24, 2.45) is 27.8 Å². The first-order chi connectivity index (χ1) is 25.4. The van der Waals surface area contributed by atoms with Crippen LogP contribution in [-0.2, 0) is 35.8 Å². The number of likely N-dealkylation sites (N-methyl/N-ethyl adjacent to an activating group) is 1. The monoisotopic (exact) mass is 753 g/mol. The first-order valence-electron chi connectivity index (χ1n) is 18.5. The minimum absolute atomic E-state index is 0.0784. The summed E-state index contributed by atoms with van der Waals surface area (Å²) in [5.41, 5.74) is 10.3. The largest absolute Gasteiger partial charge is 0.493 e. The van der Waals surface area contributed by atoms with Crippen LogP contribution in [0.25, 0.3) is 0 Å². The topological polar surface area (TPSA) is 228 Å². The molecule has 296 valence electrons. The SMILES string of the molecule is COc1ccc2c3c1O[C@H]1C(OC(=O)N(C)CC(C)(C)CNC(=O)[C@H](CCCN=C(N)N)CC(=O)CNC(=O)CC(C)=O)=CC[C@@]4(O)[C@@H](C2)N(C)CC[C@]314. The van der Waals surface area contributed by atoms with Gasteiger partial charge in [0.05, 0.1) is 31.1 Å². The average Bonchev–Trinajstić information content (AvgIpc) is 3.46. The molecule has 0 radical (unpaired) electrons. The molecule has 16 nitrogen and oxygen atoms in total. The molecule has 3 amide bonds. The number of rotatable bonds is 17. The molecular weight excluding hydrogens is 698 g/mol. The summed E-state index contributed by atoms with van der Waals surface area (Å²) in [6.07, 6.45) is 2.31. The molecule has 54 heavy (non-hydrogen) atoms. The van der Waals surface area contributed by atoms with Gasteiger partial charge in [0.25, 0.3) is 0 Å². The van der Waals surface area contributed by atoms with Crippen molar-refractivity contribution in [2.45, 2.75) is 88.9 Å². The molecule has 2 aliphatic heterocycles. The van der Waals surface area contributed by atoms with Gasteiger partial charge in [-0.1, -0.05) is 19.9 Å². The van der Waals surface area contributed by atoms with Gasteiger partial charge >= 0.3 is 6.09 Å². The Labute approximate surface area is 316 Å². The number of ether oxygens (including phenoxy) is 3. The Hall–Kier alpha value is -4.70. The molecule has 2 aliphatic carbocycles. The Morgan fingerprint density at radius 3 is 2.63 bits per heavy atom.